The quantitative estimate of drug-likeness (QED) is 0.457. The highest BCUT2D eigenvalue weighted by molar-refractivity contribution is 6.20. The van der Waals surface area contributed by atoms with Crippen molar-refractivity contribution in [2.75, 3.05) is 13.6 Å². The second kappa shape index (κ2) is 3.58. The Labute approximate surface area is 86.3 Å². The molecule has 0 fully saturated rings. The van der Waals surface area contributed by atoms with Crippen LogP contribution in [0.2, 0.25) is 0 Å². The molecule has 0 radical (unpaired) electrons. The average molecular weight is 213 g/mol. The van der Waals surface area contributed by atoms with Crippen molar-refractivity contribution in [1.29, 1.82) is 0 Å². The van der Waals surface area contributed by atoms with Crippen LogP contribution >= 0.6 is 11.6 Å². The summed E-state index contributed by atoms with van der Waals surface area (Å²) >= 11 is 5.96. The molecule has 1 heterocycles. The number of rotatable bonds is 0. The first-order chi connectivity index (χ1) is 6.65. The third kappa shape index (κ3) is 1.87. The van der Waals surface area contributed by atoms with Gasteiger partial charge in [0.2, 0.25) is 0 Å². The normalized spacial score (nSPS) is 20.5. The molecule has 2 rings (SSSR count). The summed E-state index contributed by atoms with van der Waals surface area (Å²) in [7, 11) is 1.89. The van der Waals surface area contributed by atoms with Crippen molar-refractivity contribution in [3.63, 3.8) is 0 Å². The molecule has 1 aliphatic heterocycles. The van der Waals surface area contributed by atoms with Crippen LogP contribution in [0.25, 0.3) is 6.20 Å². The van der Waals surface area contributed by atoms with E-state index in [2.05, 4.69) is 4.99 Å². The maximum absolute atomic E-state index is 12.9. The Balaban J connectivity index is 2.69. The Kier molecular flexibility index (Phi) is 2.42. The molecule has 1 atom stereocenters. The molecular weight excluding hydrogens is 203 g/mol. The van der Waals surface area contributed by atoms with Crippen LogP contribution in [-0.4, -0.2) is 24.0 Å². The average Bonchev–Trinajstić information content (AvgIpc) is 2.21. The van der Waals surface area contributed by atoms with Gasteiger partial charge in [-0.3, -0.25) is 4.99 Å². The Hall–Kier alpha value is -1.09. The Morgan fingerprint density at radius 1 is 1.57 bits per heavy atom. The van der Waals surface area contributed by atoms with E-state index in [4.69, 9.17) is 11.6 Å². The maximum Gasteiger partial charge on any atom is 0.141 e. The van der Waals surface area contributed by atoms with Crippen LogP contribution in [0.5, 0.6) is 0 Å². The Bertz CT molecular complexity index is 458. The van der Waals surface area contributed by atoms with E-state index in [1.807, 2.05) is 18.1 Å². The standard InChI is InChI=1S/C10H10ClFN2/c1-14-5-7-4-8(12)2-3-9(7)13-10(11)6-14/h2-5,10H,6H2,1H3. The van der Waals surface area contributed by atoms with Gasteiger partial charge in [-0.2, -0.15) is 0 Å². The minimum Gasteiger partial charge on any atom is -0.376 e. The molecule has 0 aromatic heterocycles. The molecule has 1 aromatic rings. The number of halogens is 2. The van der Waals surface area contributed by atoms with Crippen LogP contribution in [0, 0.1) is 5.82 Å². The molecule has 0 aliphatic carbocycles. The van der Waals surface area contributed by atoms with E-state index >= 15 is 0 Å². The zero-order valence-corrected chi connectivity index (χ0v) is 8.50. The van der Waals surface area contributed by atoms with Crippen LogP contribution in [0.1, 0.15) is 0 Å². The molecular formula is C10H10ClFN2. The fourth-order valence-corrected chi connectivity index (χ4v) is 1.79. The van der Waals surface area contributed by atoms with E-state index in [0.29, 0.717) is 6.54 Å². The van der Waals surface area contributed by atoms with E-state index in [9.17, 15) is 4.39 Å². The lowest BCUT2D eigenvalue weighted by molar-refractivity contribution is 0.494. The van der Waals surface area contributed by atoms with Gasteiger partial charge >= 0.3 is 0 Å². The van der Waals surface area contributed by atoms with Gasteiger partial charge in [0.05, 0.1) is 11.9 Å². The number of alkyl halides is 1. The smallest absolute Gasteiger partial charge is 0.141 e. The molecule has 0 amide bonds. The van der Waals surface area contributed by atoms with E-state index in [-0.39, 0.29) is 11.3 Å². The lowest BCUT2D eigenvalue weighted by atomic mass is 10.3. The molecule has 14 heavy (non-hydrogen) atoms. The minimum atomic E-state index is -0.275. The van der Waals surface area contributed by atoms with Gasteiger partial charge in [0.15, 0.2) is 0 Å². The first-order valence-electron chi connectivity index (χ1n) is 4.35. The Morgan fingerprint density at radius 3 is 3.14 bits per heavy atom. The Morgan fingerprint density at radius 2 is 2.36 bits per heavy atom. The van der Waals surface area contributed by atoms with Crippen molar-refractivity contribution in [1.82, 2.24) is 4.90 Å². The van der Waals surface area contributed by atoms with Gasteiger partial charge in [0.1, 0.15) is 11.3 Å². The van der Waals surface area contributed by atoms with Gasteiger partial charge in [-0.15, -0.1) is 0 Å². The molecule has 0 saturated heterocycles. The predicted molar refractivity (Wildman–Crippen MR) is 53.9 cm³/mol. The summed E-state index contributed by atoms with van der Waals surface area (Å²) in [5.41, 5.74) is -0.275. The van der Waals surface area contributed by atoms with E-state index in [1.54, 1.807) is 6.07 Å². The number of hydrogen-bond donors (Lipinski definition) is 0. The van der Waals surface area contributed by atoms with Gasteiger partial charge in [-0.05, 0) is 18.2 Å². The van der Waals surface area contributed by atoms with Crippen LogP contribution in [0.3, 0.4) is 0 Å². The number of likely N-dealkylation sites (N-methyl/N-ethyl adjacent to an activating group) is 1. The monoisotopic (exact) mass is 212 g/mol. The largest absolute Gasteiger partial charge is 0.376 e. The van der Waals surface area contributed by atoms with Crippen molar-refractivity contribution in [3.05, 3.63) is 34.6 Å². The molecule has 0 N–H and O–H groups in total. The van der Waals surface area contributed by atoms with E-state index < -0.39 is 0 Å². The van der Waals surface area contributed by atoms with Crippen molar-refractivity contribution >= 4 is 17.8 Å². The fraction of sp³-hybridized carbons (Fsp3) is 0.300. The minimum absolute atomic E-state index is 0.253. The van der Waals surface area contributed by atoms with Gasteiger partial charge < -0.3 is 4.90 Å². The van der Waals surface area contributed by atoms with Gasteiger partial charge in [0, 0.05) is 18.5 Å². The third-order valence-corrected chi connectivity index (χ3v) is 2.30. The zero-order chi connectivity index (χ0) is 10.1. The number of nitrogens with zero attached hydrogens (tertiary/aromatic N) is 2. The molecule has 0 spiro atoms. The number of hydrogen-bond acceptors (Lipinski definition) is 2. The second-order valence-corrected chi connectivity index (χ2v) is 3.84. The predicted octanol–water partition coefficient (Wildman–Crippen LogP) is 0.694. The highest BCUT2D eigenvalue weighted by Gasteiger charge is 2.07. The molecule has 2 nitrogen and oxygen atoms in total. The number of fused-ring (bicyclic) bond motifs is 1. The highest BCUT2D eigenvalue weighted by atomic mass is 35.5. The zero-order valence-electron chi connectivity index (χ0n) is 7.74. The number of benzene rings is 1. The first-order valence-corrected chi connectivity index (χ1v) is 4.78. The van der Waals surface area contributed by atoms with Crippen molar-refractivity contribution in [3.8, 4) is 0 Å². The summed E-state index contributed by atoms with van der Waals surface area (Å²) in [5, 5.41) is 1.52. The molecule has 1 aliphatic rings. The first kappa shape index (κ1) is 9.46. The third-order valence-electron chi connectivity index (χ3n) is 2.07. The van der Waals surface area contributed by atoms with Crippen LogP contribution in [-0.2, 0) is 0 Å². The highest BCUT2D eigenvalue weighted by Crippen LogP contribution is 2.01. The van der Waals surface area contributed by atoms with Gasteiger partial charge in [-0.1, -0.05) is 11.6 Å². The molecule has 4 heteroatoms. The topological polar surface area (TPSA) is 15.6 Å². The summed E-state index contributed by atoms with van der Waals surface area (Å²) in [6.45, 7) is 0.637. The molecule has 1 aromatic carbocycles. The van der Waals surface area contributed by atoms with Crippen molar-refractivity contribution < 1.29 is 4.39 Å². The van der Waals surface area contributed by atoms with Crippen LogP contribution < -0.4 is 10.6 Å². The lowest BCUT2D eigenvalue weighted by Crippen LogP contribution is -2.26. The summed E-state index contributed by atoms with van der Waals surface area (Å²) in [4.78, 5) is 6.17. The molecule has 1 unspecified atom stereocenters. The fourth-order valence-electron chi connectivity index (χ4n) is 1.47. The summed E-state index contributed by atoms with van der Waals surface area (Å²) in [6.07, 6.45) is 1.85. The molecule has 0 saturated carbocycles. The van der Waals surface area contributed by atoms with Gasteiger partial charge in [0.25, 0.3) is 0 Å². The van der Waals surface area contributed by atoms with E-state index in [0.717, 1.165) is 10.6 Å². The molecule has 74 valence electrons. The summed E-state index contributed by atoms with van der Waals surface area (Å²) < 4.78 is 12.9. The maximum atomic E-state index is 12.9. The van der Waals surface area contributed by atoms with Crippen LogP contribution in [0.15, 0.2) is 23.2 Å². The van der Waals surface area contributed by atoms with Gasteiger partial charge in [-0.25, -0.2) is 4.39 Å². The lowest BCUT2D eigenvalue weighted by Gasteiger charge is -2.12. The van der Waals surface area contributed by atoms with Crippen LogP contribution in [0.4, 0.5) is 4.39 Å². The molecule has 0 bridgehead atoms. The van der Waals surface area contributed by atoms with Crippen molar-refractivity contribution in [2.24, 2.45) is 4.99 Å². The second-order valence-electron chi connectivity index (χ2n) is 3.34. The SMILES string of the molecule is CN1C=c2cc(F)ccc2=NC(Cl)C1. The summed E-state index contributed by atoms with van der Waals surface area (Å²) in [6, 6.07) is 4.51. The van der Waals surface area contributed by atoms with Crippen molar-refractivity contribution in [2.45, 2.75) is 5.50 Å². The van der Waals surface area contributed by atoms with E-state index in [1.165, 1.54) is 12.1 Å². The summed E-state index contributed by atoms with van der Waals surface area (Å²) in [5.74, 6) is -0.253.